The van der Waals surface area contributed by atoms with E-state index >= 15 is 0 Å². The van der Waals surface area contributed by atoms with Crippen LogP contribution in [0.2, 0.25) is 0 Å². The first-order chi connectivity index (χ1) is 5.54. The molecule has 0 aliphatic carbocycles. The molecule has 0 saturated carbocycles. The van der Waals surface area contributed by atoms with E-state index in [4.69, 9.17) is 22.0 Å². The van der Waals surface area contributed by atoms with Gasteiger partial charge in [0.1, 0.15) is 6.04 Å². The van der Waals surface area contributed by atoms with Crippen molar-refractivity contribution in [1.29, 1.82) is 5.41 Å². The van der Waals surface area contributed by atoms with E-state index in [1.165, 1.54) is 0 Å². The molecule has 0 fully saturated rings. The minimum atomic E-state index is -1.00. The third-order valence-electron chi connectivity index (χ3n) is 1.32. The van der Waals surface area contributed by atoms with E-state index in [-0.39, 0.29) is 61.9 Å². The summed E-state index contributed by atoms with van der Waals surface area (Å²) >= 11 is 0. The van der Waals surface area contributed by atoms with Crippen LogP contribution in [0.4, 0.5) is 0 Å². The molecular formula is C6H18AlClN4O2Zr. The number of hydrogen-bond donors (Lipinski definition) is 5. The summed E-state index contributed by atoms with van der Waals surface area (Å²) in [5.41, 5.74) is 10.2. The van der Waals surface area contributed by atoms with E-state index in [1.807, 2.05) is 0 Å². The van der Waals surface area contributed by atoms with Crippen LogP contribution in [0.3, 0.4) is 0 Å². The van der Waals surface area contributed by atoms with Crippen molar-refractivity contribution in [3.8, 4) is 0 Å². The molecule has 0 spiro atoms. The molecule has 0 heterocycles. The standard InChI is InChI=1S/C6H14N4O2.Al.ClH.Zr.3H/c7-4(5(11)12)2-1-3-10-6(8)9;;;;;;/h4H,1-3,7H2,(H,11,12)(H4,8,9,10);;1H;;;;. The number of aliphatic carboxylic acids is 1. The maximum Gasteiger partial charge on any atom is 0.320 e. The third kappa shape index (κ3) is 17.0. The zero-order valence-corrected chi connectivity index (χ0v) is 10.9. The van der Waals surface area contributed by atoms with Gasteiger partial charge in [0, 0.05) is 32.7 Å². The Morgan fingerprint density at radius 2 is 2.00 bits per heavy atom. The Hall–Kier alpha value is 0.406. The summed E-state index contributed by atoms with van der Waals surface area (Å²) in [6.45, 7) is 0.482. The fourth-order valence-corrected chi connectivity index (χ4v) is 0.669. The number of carboxylic acids is 1. The zero-order valence-electron chi connectivity index (χ0n) is 7.62. The minimum Gasteiger partial charge on any atom is -0.480 e. The van der Waals surface area contributed by atoms with Crippen molar-refractivity contribution >= 4 is 41.7 Å². The number of rotatable bonds is 5. The number of hydrogen-bond acceptors (Lipinski definition) is 3. The summed E-state index contributed by atoms with van der Waals surface area (Å²) < 4.78 is 0. The normalized spacial score (nSPS) is 9.67. The number of halogens is 1. The summed E-state index contributed by atoms with van der Waals surface area (Å²) in [6.07, 6.45) is 0.975. The molecule has 0 aliphatic rings. The van der Waals surface area contributed by atoms with Crippen molar-refractivity contribution in [1.82, 2.24) is 5.32 Å². The van der Waals surface area contributed by atoms with Crippen molar-refractivity contribution < 1.29 is 36.1 Å². The van der Waals surface area contributed by atoms with Crippen LogP contribution < -0.4 is 16.8 Å². The smallest absolute Gasteiger partial charge is 0.320 e. The van der Waals surface area contributed by atoms with Gasteiger partial charge in [-0.15, -0.1) is 12.4 Å². The summed E-state index contributed by atoms with van der Waals surface area (Å²) in [5.74, 6) is -1.11. The molecule has 1 atom stereocenters. The summed E-state index contributed by atoms with van der Waals surface area (Å²) in [7, 11) is 0. The Bertz CT molecular complexity index is 187. The molecule has 0 radical (unpaired) electrons. The van der Waals surface area contributed by atoms with Crippen molar-refractivity contribution in [3.63, 3.8) is 0 Å². The molecule has 0 rings (SSSR count). The Labute approximate surface area is 125 Å². The first-order valence-corrected chi connectivity index (χ1v) is 3.60. The fourth-order valence-electron chi connectivity index (χ4n) is 0.669. The topological polar surface area (TPSA) is 125 Å². The van der Waals surface area contributed by atoms with Gasteiger partial charge >= 0.3 is 5.97 Å². The van der Waals surface area contributed by atoms with Gasteiger partial charge in [-0.25, -0.2) is 0 Å². The summed E-state index contributed by atoms with van der Waals surface area (Å²) in [6, 6.07) is -0.821. The number of nitrogens with two attached hydrogens (primary N) is 2. The molecule has 6 nitrogen and oxygen atoms in total. The molecule has 0 aliphatic heterocycles. The van der Waals surface area contributed by atoms with E-state index in [2.05, 4.69) is 5.32 Å². The SMILES string of the molecule is Cl.N=C(N)NCCCC(N)C(=O)O.[AlH3].[Zr]. The van der Waals surface area contributed by atoms with Gasteiger partial charge in [-0.05, 0) is 12.8 Å². The van der Waals surface area contributed by atoms with E-state index in [0.29, 0.717) is 19.4 Å². The Morgan fingerprint density at radius 3 is 2.33 bits per heavy atom. The van der Waals surface area contributed by atoms with Gasteiger partial charge < -0.3 is 21.9 Å². The Kier molecular flexibility index (Phi) is 23.6. The summed E-state index contributed by atoms with van der Waals surface area (Å²) in [5, 5.41) is 17.7. The molecule has 1 unspecified atom stereocenters. The van der Waals surface area contributed by atoms with Crippen LogP contribution in [0.25, 0.3) is 0 Å². The average Bonchev–Trinajstić information content (AvgIpc) is 1.97. The van der Waals surface area contributed by atoms with Crippen molar-refractivity contribution in [2.24, 2.45) is 11.5 Å². The maximum atomic E-state index is 10.2. The van der Waals surface area contributed by atoms with Crippen LogP contribution in [0.5, 0.6) is 0 Å². The second kappa shape index (κ2) is 14.4. The average molecular weight is 332 g/mol. The molecule has 15 heavy (non-hydrogen) atoms. The summed E-state index contributed by atoms with van der Waals surface area (Å²) in [4.78, 5) is 10.2. The van der Waals surface area contributed by atoms with Crippen molar-refractivity contribution in [2.75, 3.05) is 6.54 Å². The van der Waals surface area contributed by atoms with Gasteiger partial charge in [0.15, 0.2) is 23.3 Å². The monoisotopic (exact) mass is 330 g/mol. The minimum absolute atomic E-state index is 0. The Balaban J connectivity index is -0.000000202. The third-order valence-corrected chi connectivity index (χ3v) is 1.32. The molecule has 0 amide bonds. The maximum absolute atomic E-state index is 10.2. The van der Waals surface area contributed by atoms with Gasteiger partial charge in [-0.1, -0.05) is 0 Å². The van der Waals surface area contributed by atoms with Crippen LogP contribution in [-0.2, 0) is 31.0 Å². The fraction of sp³-hybridized carbons (Fsp3) is 0.667. The molecule has 0 bridgehead atoms. The van der Waals surface area contributed by atoms with Gasteiger partial charge in [0.2, 0.25) is 0 Å². The van der Waals surface area contributed by atoms with Gasteiger partial charge in [-0.3, -0.25) is 10.2 Å². The molecule has 0 aromatic carbocycles. The van der Waals surface area contributed by atoms with Gasteiger partial charge in [-0.2, -0.15) is 0 Å². The number of carbonyl (C=O) groups is 1. The van der Waals surface area contributed by atoms with E-state index < -0.39 is 12.0 Å². The van der Waals surface area contributed by atoms with Crippen LogP contribution in [0.15, 0.2) is 0 Å². The number of nitrogens with one attached hydrogen (secondary N) is 2. The van der Waals surface area contributed by atoms with Crippen LogP contribution >= 0.6 is 12.4 Å². The predicted molar refractivity (Wildman–Crippen MR) is 61.9 cm³/mol. The van der Waals surface area contributed by atoms with E-state index in [0.717, 1.165) is 0 Å². The largest absolute Gasteiger partial charge is 0.480 e. The quantitative estimate of drug-likeness (QED) is 0.171. The first kappa shape index (κ1) is 24.6. The molecule has 0 aromatic heterocycles. The second-order valence-electron chi connectivity index (χ2n) is 2.43. The van der Waals surface area contributed by atoms with Gasteiger partial charge in [0.25, 0.3) is 0 Å². The molecule has 9 heteroatoms. The van der Waals surface area contributed by atoms with E-state index in [1.54, 1.807) is 0 Å². The Morgan fingerprint density at radius 1 is 1.53 bits per heavy atom. The molecule has 0 aromatic rings. The van der Waals surface area contributed by atoms with Crippen molar-refractivity contribution in [3.05, 3.63) is 0 Å². The van der Waals surface area contributed by atoms with Crippen LogP contribution in [0, 0.1) is 5.41 Å². The number of carboxylic acid groups (broad SMARTS) is 1. The van der Waals surface area contributed by atoms with Crippen LogP contribution in [0.1, 0.15) is 12.8 Å². The first-order valence-electron chi connectivity index (χ1n) is 3.60. The van der Waals surface area contributed by atoms with E-state index in [9.17, 15) is 4.79 Å². The van der Waals surface area contributed by atoms with Gasteiger partial charge in [0.05, 0.1) is 0 Å². The zero-order chi connectivity index (χ0) is 9.56. The van der Waals surface area contributed by atoms with Crippen molar-refractivity contribution in [2.45, 2.75) is 18.9 Å². The molecule has 0 saturated heterocycles. The second-order valence-corrected chi connectivity index (χ2v) is 2.43. The molecular weight excluding hydrogens is 314 g/mol. The predicted octanol–water partition coefficient (Wildman–Crippen LogP) is -2.10. The molecule has 7 N–H and O–H groups in total. The van der Waals surface area contributed by atoms with Crippen LogP contribution in [-0.4, -0.2) is 47.0 Å². The number of guanidine groups is 1. The molecule has 88 valence electrons.